The van der Waals surface area contributed by atoms with Crippen LogP contribution in [0.2, 0.25) is 0 Å². The molecule has 1 aromatic carbocycles. The number of rotatable bonds is 7. The van der Waals surface area contributed by atoms with Gasteiger partial charge in [0.15, 0.2) is 0 Å². The van der Waals surface area contributed by atoms with Crippen molar-refractivity contribution in [1.29, 1.82) is 0 Å². The SMILES string of the molecule is CC(=O)Nc1cc2c(cn1)COc1cc(OCC(CC(C)C)NC(=O)O)ccc1-2. The number of carboxylic acid groups (broad SMARTS) is 1. The summed E-state index contributed by atoms with van der Waals surface area (Å²) in [5, 5.41) is 14.2. The van der Waals surface area contributed by atoms with Crippen LogP contribution in [0.5, 0.6) is 11.5 Å². The van der Waals surface area contributed by atoms with Crippen LogP contribution in [0.25, 0.3) is 11.1 Å². The number of hydrogen-bond donors (Lipinski definition) is 3. The van der Waals surface area contributed by atoms with Gasteiger partial charge in [-0.05, 0) is 36.1 Å². The summed E-state index contributed by atoms with van der Waals surface area (Å²) in [6.45, 7) is 6.11. The fourth-order valence-corrected chi connectivity index (χ4v) is 3.30. The number of benzene rings is 1. The van der Waals surface area contributed by atoms with Gasteiger partial charge in [-0.2, -0.15) is 0 Å². The Hall–Kier alpha value is -3.29. The first kappa shape index (κ1) is 20.4. The maximum absolute atomic E-state index is 11.3. The average molecular weight is 399 g/mol. The molecule has 1 atom stereocenters. The van der Waals surface area contributed by atoms with Crippen molar-refractivity contribution in [2.24, 2.45) is 5.92 Å². The molecule has 0 saturated carbocycles. The number of hydrogen-bond acceptors (Lipinski definition) is 5. The third-order valence-electron chi connectivity index (χ3n) is 4.45. The molecule has 0 bridgehead atoms. The van der Waals surface area contributed by atoms with Gasteiger partial charge in [0.25, 0.3) is 0 Å². The van der Waals surface area contributed by atoms with E-state index in [1.54, 1.807) is 12.3 Å². The Balaban J connectivity index is 1.76. The van der Waals surface area contributed by atoms with Crippen molar-refractivity contribution in [3.8, 4) is 22.6 Å². The number of aromatic nitrogens is 1. The lowest BCUT2D eigenvalue weighted by molar-refractivity contribution is -0.114. The Morgan fingerprint density at radius 1 is 1.28 bits per heavy atom. The summed E-state index contributed by atoms with van der Waals surface area (Å²) in [5.74, 6) is 1.91. The van der Waals surface area contributed by atoms with Crippen LogP contribution >= 0.6 is 0 Å². The van der Waals surface area contributed by atoms with Crippen LogP contribution < -0.4 is 20.1 Å². The summed E-state index contributed by atoms with van der Waals surface area (Å²) in [7, 11) is 0. The highest BCUT2D eigenvalue weighted by molar-refractivity contribution is 5.89. The molecule has 3 N–H and O–H groups in total. The number of carbonyl (C=O) groups is 2. The van der Waals surface area contributed by atoms with E-state index in [1.165, 1.54) is 6.92 Å². The molecule has 8 nitrogen and oxygen atoms in total. The summed E-state index contributed by atoms with van der Waals surface area (Å²) >= 11 is 0. The molecule has 154 valence electrons. The fraction of sp³-hybridized carbons (Fsp3) is 0.381. The number of carbonyl (C=O) groups excluding carboxylic acids is 1. The highest BCUT2D eigenvalue weighted by Crippen LogP contribution is 2.40. The van der Waals surface area contributed by atoms with Gasteiger partial charge in [-0.1, -0.05) is 13.8 Å². The van der Waals surface area contributed by atoms with E-state index in [0.717, 1.165) is 16.7 Å². The number of anilines is 1. The predicted octanol–water partition coefficient (Wildman–Crippen LogP) is 3.66. The van der Waals surface area contributed by atoms with Crippen molar-refractivity contribution >= 4 is 17.8 Å². The van der Waals surface area contributed by atoms with Gasteiger partial charge in [0.2, 0.25) is 5.91 Å². The van der Waals surface area contributed by atoms with Crippen molar-refractivity contribution in [3.63, 3.8) is 0 Å². The van der Waals surface area contributed by atoms with E-state index in [2.05, 4.69) is 15.6 Å². The maximum Gasteiger partial charge on any atom is 0.404 e. The summed E-state index contributed by atoms with van der Waals surface area (Å²) < 4.78 is 11.7. The second kappa shape index (κ2) is 8.81. The maximum atomic E-state index is 11.3. The van der Waals surface area contributed by atoms with Crippen molar-refractivity contribution in [2.45, 2.75) is 39.8 Å². The molecule has 0 aliphatic carbocycles. The van der Waals surface area contributed by atoms with E-state index in [4.69, 9.17) is 14.6 Å². The Morgan fingerprint density at radius 2 is 2.07 bits per heavy atom. The van der Waals surface area contributed by atoms with Crippen molar-refractivity contribution in [2.75, 3.05) is 11.9 Å². The lowest BCUT2D eigenvalue weighted by atomic mass is 9.98. The second-order valence-electron chi connectivity index (χ2n) is 7.44. The van der Waals surface area contributed by atoms with Gasteiger partial charge >= 0.3 is 6.09 Å². The monoisotopic (exact) mass is 399 g/mol. The van der Waals surface area contributed by atoms with Crippen LogP contribution in [0.4, 0.5) is 10.6 Å². The molecular formula is C21H25N3O5. The molecule has 3 rings (SSSR count). The standard InChI is InChI=1S/C21H25N3O5/c1-12(2)6-15(24-21(26)27)11-28-16-4-5-17-18-8-20(23-13(3)25)22-9-14(18)10-29-19(17)7-16/h4-5,7-9,12,15,24H,6,10-11H2,1-3H3,(H,26,27)(H,22,23,25). The fourth-order valence-electron chi connectivity index (χ4n) is 3.30. The first-order valence-electron chi connectivity index (χ1n) is 9.47. The average Bonchev–Trinajstić information content (AvgIpc) is 2.64. The topological polar surface area (TPSA) is 110 Å². The van der Waals surface area contributed by atoms with Gasteiger partial charge in [0, 0.05) is 30.3 Å². The Labute approximate surface area is 169 Å². The molecule has 1 unspecified atom stereocenters. The first-order chi connectivity index (χ1) is 13.8. The molecule has 0 spiro atoms. The number of ether oxygens (including phenoxy) is 2. The number of nitrogens with one attached hydrogen (secondary N) is 2. The number of pyridine rings is 1. The van der Waals surface area contributed by atoms with Gasteiger partial charge in [0.1, 0.15) is 30.5 Å². The molecule has 1 aromatic heterocycles. The second-order valence-corrected chi connectivity index (χ2v) is 7.44. The van der Waals surface area contributed by atoms with Gasteiger partial charge in [0.05, 0.1) is 6.04 Å². The van der Waals surface area contributed by atoms with E-state index in [-0.39, 0.29) is 18.6 Å². The van der Waals surface area contributed by atoms with Gasteiger partial charge in [-0.25, -0.2) is 9.78 Å². The molecule has 8 heteroatoms. The van der Waals surface area contributed by atoms with E-state index in [1.807, 2.05) is 32.0 Å². The molecule has 2 aromatic rings. The molecule has 0 saturated heterocycles. The summed E-state index contributed by atoms with van der Waals surface area (Å²) in [5.41, 5.74) is 2.76. The molecule has 1 aliphatic heterocycles. The Bertz CT molecular complexity index is 913. The van der Waals surface area contributed by atoms with E-state index in [9.17, 15) is 9.59 Å². The normalized spacial score (nSPS) is 13.0. The van der Waals surface area contributed by atoms with Gasteiger partial charge in [-0.3, -0.25) is 4.79 Å². The van der Waals surface area contributed by atoms with Crippen LogP contribution in [0, 0.1) is 5.92 Å². The third-order valence-corrected chi connectivity index (χ3v) is 4.45. The quantitative estimate of drug-likeness (QED) is 0.655. The molecule has 1 aliphatic rings. The van der Waals surface area contributed by atoms with Crippen LogP contribution in [0.15, 0.2) is 30.5 Å². The van der Waals surface area contributed by atoms with Crippen LogP contribution in [-0.4, -0.2) is 34.7 Å². The Morgan fingerprint density at radius 3 is 2.76 bits per heavy atom. The molecule has 29 heavy (non-hydrogen) atoms. The van der Waals surface area contributed by atoms with Gasteiger partial charge in [-0.15, -0.1) is 0 Å². The zero-order chi connectivity index (χ0) is 21.0. The smallest absolute Gasteiger partial charge is 0.404 e. The van der Waals surface area contributed by atoms with Crippen molar-refractivity contribution in [1.82, 2.24) is 10.3 Å². The lowest BCUT2D eigenvalue weighted by Crippen LogP contribution is -2.39. The van der Waals surface area contributed by atoms with E-state index >= 15 is 0 Å². The molecule has 2 amide bonds. The minimum Gasteiger partial charge on any atom is -0.491 e. The number of fused-ring (bicyclic) bond motifs is 3. The van der Waals surface area contributed by atoms with Crippen LogP contribution in [-0.2, 0) is 11.4 Å². The van der Waals surface area contributed by atoms with Crippen molar-refractivity contribution < 1.29 is 24.2 Å². The molecular weight excluding hydrogens is 374 g/mol. The highest BCUT2D eigenvalue weighted by atomic mass is 16.5. The summed E-state index contributed by atoms with van der Waals surface area (Å²) in [6, 6.07) is 7.04. The first-order valence-corrected chi connectivity index (χ1v) is 9.47. The zero-order valence-electron chi connectivity index (χ0n) is 16.7. The Kier molecular flexibility index (Phi) is 6.21. The van der Waals surface area contributed by atoms with Gasteiger partial charge < -0.3 is 25.2 Å². The molecule has 2 heterocycles. The predicted molar refractivity (Wildman–Crippen MR) is 108 cm³/mol. The summed E-state index contributed by atoms with van der Waals surface area (Å²) in [4.78, 5) is 26.5. The van der Waals surface area contributed by atoms with Crippen LogP contribution in [0.1, 0.15) is 32.8 Å². The number of nitrogens with zero attached hydrogens (tertiary/aromatic N) is 1. The minimum atomic E-state index is -1.06. The zero-order valence-corrected chi connectivity index (χ0v) is 16.7. The largest absolute Gasteiger partial charge is 0.491 e. The van der Waals surface area contributed by atoms with Crippen molar-refractivity contribution in [3.05, 3.63) is 36.0 Å². The van der Waals surface area contributed by atoms with E-state index < -0.39 is 6.09 Å². The highest BCUT2D eigenvalue weighted by Gasteiger charge is 2.20. The van der Waals surface area contributed by atoms with Crippen LogP contribution in [0.3, 0.4) is 0 Å². The summed E-state index contributed by atoms with van der Waals surface area (Å²) in [6.07, 6.45) is 1.32. The number of amides is 2. The molecule has 0 fully saturated rings. The minimum absolute atomic E-state index is 0.181. The molecule has 0 radical (unpaired) electrons. The third kappa shape index (κ3) is 5.37. The lowest BCUT2D eigenvalue weighted by Gasteiger charge is -2.23. The van der Waals surface area contributed by atoms with E-state index in [0.29, 0.717) is 36.3 Å².